The predicted octanol–water partition coefficient (Wildman–Crippen LogP) is 7.25. The van der Waals surface area contributed by atoms with Gasteiger partial charge >= 0.3 is 0 Å². The monoisotopic (exact) mass is 388 g/mol. The highest BCUT2D eigenvalue weighted by Crippen LogP contribution is 2.21. The number of nitrogens with zero attached hydrogens (tertiary/aromatic N) is 2. The van der Waals surface area contributed by atoms with Crippen molar-refractivity contribution in [1.82, 2.24) is 0 Å². The maximum atomic E-state index is 4.46. The normalized spacial score (nSPS) is 12.1. The molecule has 0 aromatic heterocycles. The Morgan fingerprint density at radius 1 is 0.400 bits per heavy atom. The van der Waals surface area contributed by atoms with Gasteiger partial charge in [0.05, 0.1) is 11.4 Å². The van der Waals surface area contributed by atoms with E-state index in [2.05, 4.69) is 107 Å². The van der Waals surface area contributed by atoms with Gasteiger partial charge in [-0.2, -0.15) is 10.2 Å². The molecular weight excluding hydrogens is 364 g/mol. The Bertz CT molecular complexity index is 1060. The van der Waals surface area contributed by atoms with Crippen LogP contribution in [0.15, 0.2) is 119 Å². The standard InChI is InChI=1S/C28H24N2/c1-21(23-13-17-27(18-14-23)25-9-5-3-6-10-25)29-30-22(2)24-15-19-28(20-16-24)26-11-7-4-8-12-26/h3-20H,1-2H3/b29-21-,30-22-. The van der Waals surface area contributed by atoms with E-state index in [0.717, 1.165) is 22.6 Å². The lowest BCUT2D eigenvalue weighted by molar-refractivity contribution is 1.22. The SMILES string of the molecule is C/C(=N/N=C(/C)c1ccc(-c2ccccc2)cc1)c1ccc(-c2ccccc2)cc1. The van der Waals surface area contributed by atoms with E-state index in [1.165, 1.54) is 22.3 Å². The van der Waals surface area contributed by atoms with Crippen LogP contribution in [0.5, 0.6) is 0 Å². The van der Waals surface area contributed by atoms with E-state index >= 15 is 0 Å². The minimum Gasteiger partial charge on any atom is -0.155 e. The number of hydrogen-bond acceptors (Lipinski definition) is 2. The first kappa shape index (κ1) is 19.5. The van der Waals surface area contributed by atoms with Gasteiger partial charge in [0, 0.05) is 0 Å². The van der Waals surface area contributed by atoms with Gasteiger partial charge in [0.1, 0.15) is 0 Å². The first-order valence-electron chi connectivity index (χ1n) is 10.1. The molecule has 0 aliphatic heterocycles. The Morgan fingerprint density at radius 2 is 0.700 bits per heavy atom. The second kappa shape index (κ2) is 9.15. The summed E-state index contributed by atoms with van der Waals surface area (Å²) in [6, 6.07) is 37.7. The Hall–Kier alpha value is -3.78. The van der Waals surface area contributed by atoms with Gasteiger partial charge in [-0.1, -0.05) is 109 Å². The summed E-state index contributed by atoms with van der Waals surface area (Å²) in [5, 5.41) is 8.92. The molecule has 30 heavy (non-hydrogen) atoms. The molecule has 2 nitrogen and oxygen atoms in total. The van der Waals surface area contributed by atoms with Crippen LogP contribution < -0.4 is 0 Å². The fourth-order valence-corrected chi connectivity index (χ4v) is 3.33. The van der Waals surface area contributed by atoms with Crippen LogP contribution in [0.1, 0.15) is 25.0 Å². The number of benzene rings is 4. The highest BCUT2D eigenvalue weighted by atomic mass is 15.2. The van der Waals surface area contributed by atoms with Crippen molar-refractivity contribution >= 4 is 11.4 Å². The van der Waals surface area contributed by atoms with E-state index in [-0.39, 0.29) is 0 Å². The molecule has 4 aromatic carbocycles. The van der Waals surface area contributed by atoms with Crippen molar-refractivity contribution in [3.05, 3.63) is 120 Å². The van der Waals surface area contributed by atoms with Crippen LogP contribution in [0, 0.1) is 0 Å². The van der Waals surface area contributed by atoms with Gasteiger partial charge < -0.3 is 0 Å². The lowest BCUT2D eigenvalue weighted by Gasteiger charge is -2.05. The Kier molecular flexibility index (Phi) is 5.95. The van der Waals surface area contributed by atoms with Gasteiger partial charge in [0.15, 0.2) is 0 Å². The summed E-state index contributed by atoms with van der Waals surface area (Å²) in [5.41, 5.74) is 8.77. The molecule has 0 spiro atoms. The maximum absolute atomic E-state index is 4.46. The molecule has 0 saturated carbocycles. The summed E-state index contributed by atoms with van der Waals surface area (Å²) in [7, 11) is 0. The smallest absolute Gasteiger partial charge is 0.0671 e. The number of rotatable bonds is 5. The van der Waals surface area contributed by atoms with Gasteiger partial charge in [-0.3, -0.25) is 0 Å². The third-order valence-corrected chi connectivity index (χ3v) is 5.17. The van der Waals surface area contributed by atoms with Crippen LogP contribution >= 0.6 is 0 Å². The maximum Gasteiger partial charge on any atom is 0.0671 e. The molecule has 0 heterocycles. The highest BCUT2D eigenvalue weighted by Gasteiger charge is 2.02. The molecular formula is C28H24N2. The third-order valence-electron chi connectivity index (χ3n) is 5.17. The third kappa shape index (κ3) is 4.61. The topological polar surface area (TPSA) is 24.7 Å². The molecule has 4 rings (SSSR count). The van der Waals surface area contributed by atoms with Crippen molar-refractivity contribution in [3.63, 3.8) is 0 Å². The van der Waals surface area contributed by atoms with Crippen LogP contribution in [0.3, 0.4) is 0 Å². The van der Waals surface area contributed by atoms with Crippen molar-refractivity contribution in [3.8, 4) is 22.3 Å². The second-order valence-corrected chi connectivity index (χ2v) is 7.26. The van der Waals surface area contributed by atoms with E-state index in [9.17, 15) is 0 Å². The summed E-state index contributed by atoms with van der Waals surface area (Å²) in [6.07, 6.45) is 0. The molecule has 2 heteroatoms. The van der Waals surface area contributed by atoms with Crippen molar-refractivity contribution < 1.29 is 0 Å². The van der Waals surface area contributed by atoms with Crippen molar-refractivity contribution in [2.24, 2.45) is 10.2 Å². The Balaban J connectivity index is 1.49. The molecule has 0 unspecified atom stereocenters. The molecule has 0 amide bonds. The number of hydrogen-bond donors (Lipinski definition) is 0. The average molecular weight is 389 g/mol. The van der Waals surface area contributed by atoms with E-state index in [1.807, 2.05) is 26.0 Å². The van der Waals surface area contributed by atoms with Crippen LogP contribution in [0.4, 0.5) is 0 Å². The minimum absolute atomic E-state index is 0.898. The molecule has 0 aliphatic rings. The molecule has 0 aliphatic carbocycles. The van der Waals surface area contributed by atoms with Gasteiger partial charge in [0.2, 0.25) is 0 Å². The van der Waals surface area contributed by atoms with Gasteiger partial charge in [-0.15, -0.1) is 0 Å². The summed E-state index contributed by atoms with van der Waals surface area (Å²) in [5.74, 6) is 0. The van der Waals surface area contributed by atoms with Crippen LogP contribution in [0.25, 0.3) is 22.3 Å². The fraction of sp³-hybridized carbons (Fsp3) is 0.0714. The van der Waals surface area contributed by atoms with Crippen LogP contribution in [0.2, 0.25) is 0 Å². The van der Waals surface area contributed by atoms with E-state index in [4.69, 9.17) is 0 Å². The summed E-state index contributed by atoms with van der Waals surface area (Å²) >= 11 is 0. The van der Waals surface area contributed by atoms with Crippen LogP contribution in [-0.4, -0.2) is 11.4 Å². The Morgan fingerprint density at radius 3 is 1.03 bits per heavy atom. The van der Waals surface area contributed by atoms with Crippen LogP contribution in [-0.2, 0) is 0 Å². The summed E-state index contributed by atoms with van der Waals surface area (Å²) in [6.45, 7) is 3.99. The second-order valence-electron chi connectivity index (χ2n) is 7.26. The lowest BCUT2D eigenvalue weighted by Crippen LogP contribution is -1.97. The lowest BCUT2D eigenvalue weighted by atomic mass is 10.0. The van der Waals surface area contributed by atoms with Gasteiger partial charge in [0.25, 0.3) is 0 Å². The molecule has 0 fully saturated rings. The first-order chi connectivity index (χ1) is 14.7. The molecule has 146 valence electrons. The molecule has 4 aromatic rings. The summed E-state index contributed by atoms with van der Waals surface area (Å²) in [4.78, 5) is 0. The quantitative estimate of drug-likeness (QED) is 0.254. The Labute approximate surface area is 178 Å². The average Bonchev–Trinajstić information content (AvgIpc) is 2.83. The molecule has 0 bridgehead atoms. The summed E-state index contributed by atoms with van der Waals surface area (Å²) < 4.78 is 0. The first-order valence-corrected chi connectivity index (χ1v) is 10.1. The van der Waals surface area contributed by atoms with Gasteiger partial charge in [-0.25, -0.2) is 0 Å². The zero-order chi connectivity index (χ0) is 20.8. The largest absolute Gasteiger partial charge is 0.155 e. The van der Waals surface area contributed by atoms with Crippen molar-refractivity contribution in [2.75, 3.05) is 0 Å². The van der Waals surface area contributed by atoms with E-state index in [0.29, 0.717) is 0 Å². The molecule has 0 saturated heterocycles. The van der Waals surface area contributed by atoms with Gasteiger partial charge in [-0.05, 0) is 47.2 Å². The van der Waals surface area contributed by atoms with Crippen molar-refractivity contribution in [1.29, 1.82) is 0 Å². The highest BCUT2D eigenvalue weighted by molar-refractivity contribution is 6.02. The molecule has 0 N–H and O–H groups in total. The zero-order valence-corrected chi connectivity index (χ0v) is 17.3. The zero-order valence-electron chi connectivity index (χ0n) is 17.3. The van der Waals surface area contributed by atoms with Crippen molar-refractivity contribution in [2.45, 2.75) is 13.8 Å². The van der Waals surface area contributed by atoms with E-state index < -0.39 is 0 Å². The molecule has 0 radical (unpaired) electrons. The van der Waals surface area contributed by atoms with E-state index in [1.54, 1.807) is 0 Å². The predicted molar refractivity (Wildman–Crippen MR) is 128 cm³/mol. The molecule has 0 atom stereocenters. The minimum atomic E-state index is 0.898. The fourth-order valence-electron chi connectivity index (χ4n) is 3.33.